The molecule has 1 spiro atoms. The van der Waals surface area contributed by atoms with Gasteiger partial charge in [-0.15, -0.1) is 12.4 Å². The molecular weight excluding hydrogens is 260 g/mol. The molecule has 110 valence electrons. The minimum atomic E-state index is 0. The third-order valence-corrected chi connectivity index (χ3v) is 5.37. The normalized spacial score (nSPS) is 27.3. The van der Waals surface area contributed by atoms with E-state index in [1.165, 1.54) is 38.5 Å². The molecule has 0 radical (unpaired) electrons. The van der Waals surface area contributed by atoms with Gasteiger partial charge in [0.25, 0.3) is 0 Å². The lowest BCUT2D eigenvalue weighted by Crippen LogP contribution is -2.41. The highest BCUT2D eigenvalue weighted by Crippen LogP contribution is 2.39. The van der Waals surface area contributed by atoms with Crippen molar-refractivity contribution >= 4 is 18.3 Å². The molecule has 1 amide bonds. The van der Waals surface area contributed by atoms with Crippen LogP contribution in [0, 0.1) is 11.3 Å². The van der Waals surface area contributed by atoms with E-state index >= 15 is 0 Å². The van der Waals surface area contributed by atoms with E-state index < -0.39 is 0 Å². The summed E-state index contributed by atoms with van der Waals surface area (Å²) in [5.74, 6) is 0.834. The first-order valence-electron chi connectivity index (χ1n) is 7.79. The topological polar surface area (TPSA) is 32.3 Å². The second-order valence-electron chi connectivity index (χ2n) is 6.59. The van der Waals surface area contributed by atoms with Crippen molar-refractivity contribution in [3.8, 4) is 0 Å². The predicted octanol–water partition coefficient (Wildman–Crippen LogP) is 2.59. The van der Waals surface area contributed by atoms with Gasteiger partial charge in [0, 0.05) is 19.0 Å². The molecule has 1 aliphatic carbocycles. The van der Waals surface area contributed by atoms with Crippen molar-refractivity contribution in [1.29, 1.82) is 0 Å². The summed E-state index contributed by atoms with van der Waals surface area (Å²) in [6, 6.07) is 0. The molecule has 0 unspecified atom stereocenters. The zero-order chi connectivity index (χ0) is 12.4. The number of hydrogen-bond donors (Lipinski definition) is 1. The Morgan fingerprint density at radius 2 is 1.74 bits per heavy atom. The zero-order valence-electron chi connectivity index (χ0n) is 11.8. The van der Waals surface area contributed by atoms with Crippen LogP contribution in [0.2, 0.25) is 0 Å². The van der Waals surface area contributed by atoms with Gasteiger partial charge in [0.2, 0.25) is 5.91 Å². The summed E-state index contributed by atoms with van der Waals surface area (Å²) in [6.45, 7) is 4.36. The first-order chi connectivity index (χ1) is 8.79. The monoisotopic (exact) mass is 286 g/mol. The summed E-state index contributed by atoms with van der Waals surface area (Å²) in [5.41, 5.74) is 0.468. The van der Waals surface area contributed by atoms with Gasteiger partial charge in [-0.05, 0) is 50.6 Å². The fourth-order valence-electron chi connectivity index (χ4n) is 4.10. The van der Waals surface area contributed by atoms with Gasteiger partial charge in [-0.2, -0.15) is 0 Å². The van der Waals surface area contributed by atoms with Gasteiger partial charge in [0.05, 0.1) is 0 Å². The molecule has 0 atom stereocenters. The van der Waals surface area contributed by atoms with Crippen molar-refractivity contribution in [1.82, 2.24) is 10.2 Å². The van der Waals surface area contributed by atoms with Crippen molar-refractivity contribution in [2.45, 2.75) is 51.4 Å². The molecule has 2 saturated heterocycles. The number of nitrogens with one attached hydrogen (secondary N) is 1. The summed E-state index contributed by atoms with van der Waals surface area (Å²) in [5, 5.41) is 3.44. The number of halogens is 1. The standard InChI is InChI=1S/C15H26N2O.ClH/c18-14(13-4-2-1-3-5-13)17-11-8-15(12-17)6-9-16-10-7-15;/h13,16H,1-12H2;1H. The molecule has 0 bridgehead atoms. The zero-order valence-corrected chi connectivity index (χ0v) is 12.6. The second kappa shape index (κ2) is 6.45. The number of nitrogens with zero attached hydrogens (tertiary/aromatic N) is 1. The molecule has 1 N–H and O–H groups in total. The number of rotatable bonds is 1. The van der Waals surface area contributed by atoms with Crippen LogP contribution in [-0.2, 0) is 4.79 Å². The lowest BCUT2D eigenvalue weighted by molar-refractivity contribution is -0.136. The smallest absolute Gasteiger partial charge is 0.225 e. The van der Waals surface area contributed by atoms with E-state index in [9.17, 15) is 4.79 Å². The highest BCUT2D eigenvalue weighted by Gasteiger charge is 2.41. The van der Waals surface area contributed by atoms with Crippen LogP contribution >= 0.6 is 12.4 Å². The summed E-state index contributed by atoms with van der Waals surface area (Å²) in [4.78, 5) is 14.7. The first-order valence-corrected chi connectivity index (χ1v) is 7.79. The lowest BCUT2D eigenvalue weighted by Gasteiger charge is -2.34. The highest BCUT2D eigenvalue weighted by atomic mass is 35.5. The fourth-order valence-corrected chi connectivity index (χ4v) is 4.10. The average Bonchev–Trinajstić information content (AvgIpc) is 2.83. The molecule has 19 heavy (non-hydrogen) atoms. The lowest BCUT2D eigenvalue weighted by atomic mass is 9.78. The molecule has 0 aromatic carbocycles. The third-order valence-electron chi connectivity index (χ3n) is 5.37. The third kappa shape index (κ3) is 3.25. The quantitative estimate of drug-likeness (QED) is 0.804. The molecule has 2 aliphatic heterocycles. The molecule has 0 aromatic rings. The second-order valence-corrected chi connectivity index (χ2v) is 6.59. The van der Waals surface area contributed by atoms with Gasteiger partial charge < -0.3 is 10.2 Å². The Hall–Kier alpha value is -0.280. The average molecular weight is 287 g/mol. The molecule has 4 heteroatoms. The van der Waals surface area contributed by atoms with E-state index in [2.05, 4.69) is 10.2 Å². The Bertz CT molecular complexity index is 309. The van der Waals surface area contributed by atoms with Crippen molar-refractivity contribution in [2.24, 2.45) is 11.3 Å². The minimum absolute atomic E-state index is 0. The Balaban J connectivity index is 0.00000133. The highest BCUT2D eigenvalue weighted by molar-refractivity contribution is 5.85. The summed E-state index contributed by atoms with van der Waals surface area (Å²) in [7, 11) is 0. The number of hydrogen-bond acceptors (Lipinski definition) is 2. The molecule has 3 fully saturated rings. The van der Waals surface area contributed by atoms with E-state index in [0.717, 1.165) is 39.0 Å². The van der Waals surface area contributed by atoms with E-state index in [-0.39, 0.29) is 12.4 Å². The molecule has 0 aromatic heterocycles. The maximum absolute atomic E-state index is 12.5. The van der Waals surface area contributed by atoms with E-state index in [0.29, 0.717) is 17.2 Å². The van der Waals surface area contributed by atoms with Gasteiger partial charge in [0.1, 0.15) is 0 Å². The van der Waals surface area contributed by atoms with Crippen LogP contribution in [-0.4, -0.2) is 37.0 Å². The largest absolute Gasteiger partial charge is 0.342 e. The van der Waals surface area contributed by atoms with Crippen LogP contribution in [0.5, 0.6) is 0 Å². The molecular formula is C15H27ClN2O. The maximum atomic E-state index is 12.5. The molecule has 3 aliphatic rings. The first kappa shape index (κ1) is 15.1. The van der Waals surface area contributed by atoms with Crippen LogP contribution in [0.3, 0.4) is 0 Å². The van der Waals surface area contributed by atoms with Gasteiger partial charge in [0.15, 0.2) is 0 Å². The van der Waals surface area contributed by atoms with Crippen LogP contribution in [0.4, 0.5) is 0 Å². The van der Waals surface area contributed by atoms with E-state index in [1.807, 2.05) is 0 Å². The molecule has 3 nitrogen and oxygen atoms in total. The van der Waals surface area contributed by atoms with Crippen LogP contribution in [0.15, 0.2) is 0 Å². The number of likely N-dealkylation sites (tertiary alicyclic amines) is 1. The van der Waals surface area contributed by atoms with Gasteiger partial charge >= 0.3 is 0 Å². The van der Waals surface area contributed by atoms with Crippen molar-refractivity contribution in [3.05, 3.63) is 0 Å². The Morgan fingerprint density at radius 3 is 2.42 bits per heavy atom. The van der Waals surface area contributed by atoms with E-state index in [4.69, 9.17) is 0 Å². The summed E-state index contributed by atoms with van der Waals surface area (Å²) < 4.78 is 0. The van der Waals surface area contributed by atoms with Crippen molar-refractivity contribution < 1.29 is 4.79 Å². The number of amides is 1. The number of carbonyl (C=O) groups excluding carboxylic acids is 1. The number of piperidine rings is 1. The van der Waals surface area contributed by atoms with Crippen molar-refractivity contribution in [2.75, 3.05) is 26.2 Å². The van der Waals surface area contributed by atoms with Gasteiger partial charge in [-0.3, -0.25) is 4.79 Å². The predicted molar refractivity (Wildman–Crippen MR) is 79.6 cm³/mol. The SMILES string of the molecule is Cl.O=C(C1CCCCC1)N1CCC2(CCNCC2)C1. The van der Waals surface area contributed by atoms with Crippen LogP contribution in [0.1, 0.15) is 51.4 Å². The number of carbonyl (C=O) groups is 1. The van der Waals surface area contributed by atoms with Crippen LogP contribution < -0.4 is 5.32 Å². The minimum Gasteiger partial charge on any atom is -0.342 e. The maximum Gasteiger partial charge on any atom is 0.225 e. The molecule has 3 rings (SSSR count). The summed E-state index contributed by atoms with van der Waals surface area (Å²) >= 11 is 0. The van der Waals surface area contributed by atoms with Crippen molar-refractivity contribution in [3.63, 3.8) is 0 Å². The van der Waals surface area contributed by atoms with E-state index in [1.54, 1.807) is 0 Å². The van der Waals surface area contributed by atoms with Crippen LogP contribution in [0.25, 0.3) is 0 Å². The Morgan fingerprint density at radius 1 is 1.05 bits per heavy atom. The van der Waals surface area contributed by atoms with Gasteiger partial charge in [-0.25, -0.2) is 0 Å². The molecule has 2 heterocycles. The summed E-state index contributed by atoms with van der Waals surface area (Å²) in [6.07, 6.45) is 9.92. The Labute approximate surface area is 122 Å². The Kier molecular flexibility index (Phi) is 5.13. The van der Waals surface area contributed by atoms with Gasteiger partial charge in [-0.1, -0.05) is 19.3 Å². The fraction of sp³-hybridized carbons (Fsp3) is 0.933. The molecule has 1 saturated carbocycles.